The van der Waals surface area contributed by atoms with Gasteiger partial charge in [0.2, 0.25) is 5.88 Å². The van der Waals surface area contributed by atoms with Gasteiger partial charge in [0, 0.05) is 30.3 Å². The van der Waals surface area contributed by atoms with Crippen LogP contribution in [0.15, 0.2) is 66.9 Å². The van der Waals surface area contributed by atoms with E-state index in [0.717, 1.165) is 11.1 Å². The number of carbonyl (C=O) groups excluding carboxylic acids is 1. The van der Waals surface area contributed by atoms with Crippen LogP contribution in [0.2, 0.25) is 0 Å². The lowest BCUT2D eigenvalue weighted by atomic mass is 9.98. The standard InChI is InChI=1S/C26H28N2O5/c1-2-32-24-12-11-17(15-28-24)25(30)23(29)13-14-27-26(31)33-16-22-20-9-5-3-7-18(20)19-8-4-6-10-21(19)22/h3-12,15,22-23,25,29-30H,2,13-14,16H2,1H3,(H,27,31). The number of hydrogen-bond acceptors (Lipinski definition) is 6. The van der Waals surface area contributed by atoms with Crippen molar-refractivity contribution in [2.45, 2.75) is 31.5 Å². The Morgan fingerprint density at radius 3 is 2.30 bits per heavy atom. The molecule has 0 aliphatic heterocycles. The normalized spacial score (nSPS) is 14.2. The third-order valence-corrected chi connectivity index (χ3v) is 5.81. The molecular formula is C26H28N2O5. The summed E-state index contributed by atoms with van der Waals surface area (Å²) in [5.41, 5.74) is 5.11. The quantitative estimate of drug-likeness (QED) is 0.460. The van der Waals surface area contributed by atoms with Crippen LogP contribution in [0.3, 0.4) is 0 Å². The zero-order chi connectivity index (χ0) is 23.2. The van der Waals surface area contributed by atoms with Crippen LogP contribution in [0.25, 0.3) is 11.1 Å². The number of alkyl carbamates (subject to hydrolysis) is 1. The summed E-state index contributed by atoms with van der Waals surface area (Å²) < 4.78 is 10.8. The minimum atomic E-state index is -1.11. The first-order valence-electron chi connectivity index (χ1n) is 11.1. The van der Waals surface area contributed by atoms with Crippen molar-refractivity contribution in [2.75, 3.05) is 19.8 Å². The van der Waals surface area contributed by atoms with Gasteiger partial charge in [-0.3, -0.25) is 0 Å². The molecule has 1 aliphatic rings. The number of rotatable bonds is 9. The lowest BCUT2D eigenvalue weighted by molar-refractivity contribution is 0.0134. The Balaban J connectivity index is 1.25. The van der Waals surface area contributed by atoms with Gasteiger partial charge in [-0.15, -0.1) is 0 Å². The second kappa shape index (κ2) is 10.5. The van der Waals surface area contributed by atoms with Gasteiger partial charge >= 0.3 is 6.09 Å². The van der Waals surface area contributed by atoms with E-state index in [1.807, 2.05) is 31.2 Å². The maximum Gasteiger partial charge on any atom is 0.407 e. The largest absolute Gasteiger partial charge is 0.478 e. The van der Waals surface area contributed by atoms with E-state index in [0.29, 0.717) is 18.1 Å². The molecule has 7 heteroatoms. The Bertz CT molecular complexity index is 1040. The minimum Gasteiger partial charge on any atom is -0.478 e. The van der Waals surface area contributed by atoms with Crippen molar-refractivity contribution < 1.29 is 24.5 Å². The van der Waals surface area contributed by atoms with Crippen molar-refractivity contribution >= 4 is 6.09 Å². The fourth-order valence-electron chi connectivity index (χ4n) is 4.15. The van der Waals surface area contributed by atoms with Crippen LogP contribution in [0, 0.1) is 0 Å². The summed E-state index contributed by atoms with van der Waals surface area (Å²) in [5, 5.41) is 23.3. The van der Waals surface area contributed by atoms with Crippen LogP contribution in [0.5, 0.6) is 5.88 Å². The van der Waals surface area contributed by atoms with Crippen LogP contribution >= 0.6 is 0 Å². The van der Waals surface area contributed by atoms with Crippen molar-refractivity contribution in [3.63, 3.8) is 0 Å². The molecule has 172 valence electrons. The Kier molecular flexibility index (Phi) is 7.22. The van der Waals surface area contributed by atoms with E-state index in [9.17, 15) is 15.0 Å². The molecule has 3 N–H and O–H groups in total. The zero-order valence-corrected chi connectivity index (χ0v) is 18.5. The topological polar surface area (TPSA) is 101 Å². The molecule has 3 aromatic rings. The van der Waals surface area contributed by atoms with Crippen LogP contribution in [-0.2, 0) is 4.74 Å². The van der Waals surface area contributed by atoms with Crippen LogP contribution in [0.4, 0.5) is 4.79 Å². The number of aromatic nitrogens is 1. The molecule has 2 aromatic carbocycles. The summed E-state index contributed by atoms with van der Waals surface area (Å²) in [6, 6.07) is 19.6. The minimum absolute atomic E-state index is 0.0114. The highest BCUT2D eigenvalue weighted by Gasteiger charge is 2.29. The molecule has 1 amide bonds. The monoisotopic (exact) mass is 448 g/mol. The summed E-state index contributed by atoms with van der Waals surface area (Å²) >= 11 is 0. The molecule has 1 heterocycles. The van der Waals surface area contributed by atoms with Crippen LogP contribution in [0.1, 0.15) is 42.1 Å². The van der Waals surface area contributed by atoms with E-state index in [1.54, 1.807) is 12.1 Å². The van der Waals surface area contributed by atoms with E-state index >= 15 is 0 Å². The molecular weight excluding hydrogens is 420 g/mol. The molecule has 2 unspecified atom stereocenters. The second-order valence-corrected chi connectivity index (χ2v) is 7.92. The number of pyridine rings is 1. The molecule has 0 saturated heterocycles. The third kappa shape index (κ3) is 5.16. The highest BCUT2D eigenvalue weighted by molar-refractivity contribution is 5.79. The van der Waals surface area contributed by atoms with Crippen LogP contribution < -0.4 is 10.1 Å². The van der Waals surface area contributed by atoms with Crippen molar-refractivity contribution in [3.8, 4) is 17.0 Å². The average molecular weight is 449 g/mol. The van der Waals surface area contributed by atoms with E-state index in [-0.39, 0.29) is 25.5 Å². The van der Waals surface area contributed by atoms with E-state index in [4.69, 9.17) is 9.47 Å². The first-order valence-corrected chi connectivity index (χ1v) is 11.1. The van der Waals surface area contributed by atoms with E-state index in [2.05, 4.69) is 34.6 Å². The van der Waals surface area contributed by atoms with Gasteiger partial charge in [0.05, 0.1) is 12.7 Å². The molecule has 0 fully saturated rings. The van der Waals surface area contributed by atoms with Gasteiger partial charge in [0.25, 0.3) is 0 Å². The molecule has 0 radical (unpaired) electrons. The van der Waals surface area contributed by atoms with Gasteiger partial charge in [-0.2, -0.15) is 0 Å². The van der Waals surface area contributed by atoms with Gasteiger partial charge in [0.1, 0.15) is 12.7 Å². The van der Waals surface area contributed by atoms with Crippen molar-refractivity contribution in [1.29, 1.82) is 0 Å². The molecule has 0 bridgehead atoms. The van der Waals surface area contributed by atoms with Gasteiger partial charge in [0.15, 0.2) is 0 Å². The molecule has 0 spiro atoms. The number of benzene rings is 2. The van der Waals surface area contributed by atoms with Crippen LogP contribution in [-0.4, -0.2) is 47.2 Å². The Morgan fingerprint density at radius 1 is 1.03 bits per heavy atom. The predicted molar refractivity (Wildman–Crippen MR) is 124 cm³/mol. The molecule has 7 nitrogen and oxygen atoms in total. The number of fused-ring (bicyclic) bond motifs is 3. The van der Waals surface area contributed by atoms with Crippen molar-refractivity contribution in [1.82, 2.24) is 10.3 Å². The molecule has 0 saturated carbocycles. The lowest BCUT2D eigenvalue weighted by Crippen LogP contribution is -2.30. The molecule has 2 atom stereocenters. The number of amides is 1. The smallest absolute Gasteiger partial charge is 0.407 e. The van der Waals surface area contributed by atoms with Gasteiger partial charge in [-0.1, -0.05) is 48.5 Å². The van der Waals surface area contributed by atoms with Gasteiger partial charge in [-0.25, -0.2) is 9.78 Å². The Morgan fingerprint density at radius 2 is 1.70 bits per heavy atom. The summed E-state index contributed by atoms with van der Waals surface area (Å²) in [6.07, 6.45) is -1.09. The van der Waals surface area contributed by atoms with Gasteiger partial charge < -0.3 is 25.0 Å². The molecule has 1 aliphatic carbocycles. The summed E-state index contributed by atoms with van der Waals surface area (Å²) in [5.74, 6) is 0.447. The predicted octanol–water partition coefficient (Wildman–Crippen LogP) is 3.80. The maximum atomic E-state index is 12.2. The number of nitrogens with zero attached hydrogens (tertiary/aromatic N) is 1. The fourth-order valence-corrected chi connectivity index (χ4v) is 4.15. The third-order valence-electron chi connectivity index (χ3n) is 5.81. The van der Waals surface area contributed by atoms with Crippen molar-refractivity contribution in [2.24, 2.45) is 0 Å². The fraction of sp³-hybridized carbons (Fsp3) is 0.308. The maximum absolute atomic E-state index is 12.2. The number of carbonyl (C=O) groups is 1. The molecule has 4 rings (SSSR count). The molecule has 33 heavy (non-hydrogen) atoms. The van der Waals surface area contributed by atoms with E-state index < -0.39 is 18.3 Å². The number of aliphatic hydroxyl groups excluding tert-OH is 2. The number of nitrogens with one attached hydrogen (secondary N) is 1. The first kappa shape index (κ1) is 22.8. The number of aliphatic hydroxyl groups is 2. The SMILES string of the molecule is CCOc1ccc(C(O)C(O)CCNC(=O)OCC2c3ccccc3-c3ccccc32)cn1. The van der Waals surface area contributed by atoms with Gasteiger partial charge in [-0.05, 0) is 41.7 Å². The summed E-state index contributed by atoms with van der Waals surface area (Å²) in [7, 11) is 0. The average Bonchev–Trinajstić information content (AvgIpc) is 3.16. The highest BCUT2D eigenvalue weighted by Crippen LogP contribution is 2.44. The first-order chi connectivity index (χ1) is 16.1. The van der Waals surface area contributed by atoms with E-state index in [1.165, 1.54) is 17.3 Å². The van der Waals surface area contributed by atoms with Crippen molar-refractivity contribution in [3.05, 3.63) is 83.6 Å². The lowest BCUT2D eigenvalue weighted by Gasteiger charge is -2.19. The molecule has 1 aromatic heterocycles. The Labute approximate surface area is 193 Å². The summed E-state index contributed by atoms with van der Waals surface area (Å²) in [4.78, 5) is 16.3. The summed E-state index contributed by atoms with van der Waals surface area (Å²) in [6.45, 7) is 2.75. The highest BCUT2D eigenvalue weighted by atomic mass is 16.5. The number of ether oxygens (including phenoxy) is 2. The number of hydrogen-bond donors (Lipinski definition) is 3. The Hall–Kier alpha value is -3.42. The zero-order valence-electron chi connectivity index (χ0n) is 18.5. The second-order valence-electron chi connectivity index (χ2n) is 7.92.